The number of ether oxygens (including phenoxy) is 2. The zero-order valence-corrected chi connectivity index (χ0v) is 8.28. The van der Waals surface area contributed by atoms with Crippen molar-refractivity contribution in [2.45, 2.75) is 13.8 Å². The predicted octanol–water partition coefficient (Wildman–Crippen LogP) is -0.211. The molecule has 0 spiro atoms. The Balaban J connectivity index is 3.96. The van der Waals surface area contributed by atoms with Gasteiger partial charge in [0.2, 0.25) is 6.20 Å². The second kappa shape index (κ2) is 6.88. The maximum Gasteiger partial charge on any atom is 0.375 e. The van der Waals surface area contributed by atoms with Crippen molar-refractivity contribution in [2.24, 2.45) is 0 Å². The smallest absolute Gasteiger partial charge is 0.375 e. The number of rotatable bonds is 6. The van der Waals surface area contributed by atoms with E-state index in [1.165, 1.54) is 0 Å². The summed E-state index contributed by atoms with van der Waals surface area (Å²) in [5, 5.41) is 10.8. The highest BCUT2D eigenvalue weighted by atomic mass is 16.6. The molecule has 80 valence electrons. The highest BCUT2D eigenvalue weighted by Gasteiger charge is 2.10. The van der Waals surface area contributed by atoms with Crippen LogP contribution in [0.4, 0.5) is 0 Å². The van der Waals surface area contributed by atoms with Crippen molar-refractivity contribution in [3.05, 3.63) is 12.1 Å². The Kier molecular flexibility index (Phi) is 6.09. The lowest BCUT2D eigenvalue weighted by atomic mass is 10.6. The highest BCUT2D eigenvalue weighted by Crippen LogP contribution is 1.89. The van der Waals surface area contributed by atoms with Gasteiger partial charge in [0.15, 0.2) is 0 Å². The minimum Gasteiger partial charge on any atom is -0.609 e. The first kappa shape index (κ1) is 12.4. The second-order valence-electron chi connectivity index (χ2n) is 2.31. The van der Waals surface area contributed by atoms with Crippen LogP contribution in [0.25, 0.3) is 0 Å². The van der Waals surface area contributed by atoms with Gasteiger partial charge < -0.3 is 14.6 Å². The molecule has 0 atom stereocenters. The van der Waals surface area contributed by atoms with Gasteiger partial charge in [0.25, 0.3) is 6.54 Å². The molecular formula is C8H14N2O4. The van der Waals surface area contributed by atoms with E-state index in [4.69, 9.17) is 5.53 Å². The van der Waals surface area contributed by atoms with E-state index in [1.807, 2.05) is 0 Å². The topological polar surface area (TPSA) is 85.5 Å². The molecule has 6 heteroatoms. The molecule has 0 fully saturated rings. The first-order valence-corrected chi connectivity index (χ1v) is 4.25. The van der Waals surface area contributed by atoms with Gasteiger partial charge in [0.1, 0.15) is 5.95 Å². The summed E-state index contributed by atoms with van der Waals surface area (Å²) in [7, 11) is 0. The summed E-state index contributed by atoms with van der Waals surface area (Å²) in [5.74, 6) is -1.20. The van der Waals surface area contributed by atoms with Gasteiger partial charge in [-0.25, -0.2) is 4.79 Å². The number of esters is 1. The van der Waals surface area contributed by atoms with Crippen molar-refractivity contribution in [1.82, 2.24) is 0 Å². The number of hydrogen-bond acceptors (Lipinski definition) is 5. The molecule has 0 heterocycles. The molecule has 0 aliphatic rings. The Morgan fingerprint density at radius 3 is 2.50 bits per heavy atom. The lowest BCUT2D eigenvalue weighted by Gasteiger charge is -2.08. The molecular weight excluding hydrogens is 188 g/mol. The Labute approximate surface area is 82.2 Å². The summed E-state index contributed by atoms with van der Waals surface area (Å²) >= 11 is 0. The van der Waals surface area contributed by atoms with E-state index in [0.29, 0.717) is 4.70 Å². The summed E-state index contributed by atoms with van der Waals surface area (Å²) < 4.78 is 9.80. The van der Waals surface area contributed by atoms with Crippen LogP contribution in [-0.4, -0.2) is 30.4 Å². The largest absolute Gasteiger partial charge is 0.609 e. The number of carbonyl (C=O) groups excluding carboxylic acids is 1. The van der Waals surface area contributed by atoms with Crippen LogP contribution in [0, 0.1) is 5.53 Å². The quantitative estimate of drug-likeness (QED) is 0.279. The van der Waals surface area contributed by atoms with Crippen molar-refractivity contribution in [2.75, 3.05) is 19.8 Å². The molecule has 0 radical (unpaired) electrons. The average molecular weight is 202 g/mol. The number of carbonyl (C=O) groups is 1. The molecule has 0 aromatic heterocycles. The second-order valence-corrected chi connectivity index (χ2v) is 2.31. The molecule has 0 rings (SSSR count). The molecule has 0 unspecified atom stereocenters. The summed E-state index contributed by atoms with van der Waals surface area (Å²) in [6, 6.07) is 0. The van der Waals surface area contributed by atoms with Crippen LogP contribution in [-0.2, 0) is 14.3 Å². The van der Waals surface area contributed by atoms with Crippen LogP contribution in [0.15, 0.2) is 12.1 Å². The fraction of sp³-hybridized carbons (Fsp3) is 0.625. The number of nitrogens with zero attached hydrogens (tertiary/aromatic N) is 1. The standard InChI is InChI=1S/C8H14N2O4/c1-3-13-7(11)5-10(9)6-8(12)14-4-2/h5H,3-4,6H2,1-2H3,(H-,9,11). The van der Waals surface area contributed by atoms with Crippen LogP contribution in [0.2, 0.25) is 0 Å². The van der Waals surface area contributed by atoms with E-state index in [9.17, 15) is 9.90 Å². The van der Waals surface area contributed by atoms with E-state index in [2.05, 4.69) is 9.47 Å². The zero-order valence-electron chi connectivity index (χ0n) is 8.28. The monoisotopic (exact) mass is 202 g/mol. The Bertz CT molecular complexity index is 237. The van der Waals surface area contributed by atoms with Crippen molar-refractivity contribution in [3.8, 4) is 0 Å². The van der Waals surface area contributed by atoms with Gasteiger partial charge in [-0.2, -0.15) is 0 Å². The van der Waals surface area contributed by atoms with Crippen LogP contribution >= 0.6 is 0 Å². The van der Waals surface area contributed by atoms with Crippen LogP contribution < -0.4 is 5.11 Å². The zero-order chi connectivity index (χ0) is 11.0. The van der Waals surface area contributed by atoms with E-state index in [-0.39, 0.29) is 19.8 Å². The van der Waals surface area contributed by atoms with Crippen molar-refractivity contribution < 1.29 is 24.1 Å². The molecule has 0 saturated heterocycles. The lowest BCUT2D eigenvalue weighted by molar-refractivity contribution is -0.552. The molecule has 0 saturated carbocycles. The first-order chi connectivity index (χ1) is 6.60. The van der Waals surface area contributed by atoms with Crippen LogP contribution in [0.5, 0.6) is 0 Å². The van der Waals surface area contributed by atoms with Crippen molar-refractivity contribution in [1.29, 1.82) is 5.53 Å². The number of hydrogen-bond donors (Lipinski definition) is 1. The molecule has 1 N–H and O–H groups in total. The van der Waals surface area contributed by atoms with E-state index in [0.717, 1.165) is 6.20 Å². The maximum atomic E-state index is 10.8. The summed E-state index contributed by atoms with van der Waals surface area (Å²) in [4.78, 5) is 10.8. The third kappa shape index (κ3) is 5.99. The Hall–Kier alpha value is -1.59. The normalized spacial score (nSPS) is 10.9. The predicted molar refractivity (Wildman–Crippen MR) is 44.2 cm³/mol. The van der Waals surface area contributed by atoms with Crippen molar-refractivity contribution >= 4 is 5.97 Å². The Morgan fingerprint density at radius 1 is 1.43 bits per heavy atom. The summed E-state index contributed by atoms with van der Waals surface area (Å²) in [6.45, 7) is 3.54. The van der Waals surface area contributed by atoms with Gasteiger partial charge >= 0.3 is 5.97 Å². The van der Waals surface area contributed by atoms with Crippen LogP contribution in [0.3, 0.4) is 0 Å². The van der Waals surface area contributed by atoms with Gasteiger partial charge in [-0.05, 0) is 13.5 Å². The third-order valence-electron chi connectivity index (χ3n) is 1.15. The molecule has 0 aliphatic carbocycles. The fourth-order valence-corrected chi connectivity index (χ4v) is 0.698. The average Bonchev–Trinajstić information content (AvgIpc) is 2.03. The summed E-state index contributed by atoms with van der Waals surface area (Å²) in [5.41, 5.74) is 7.17. The van der Waals surface area contributed by atoms with E-state index < -0.39 is 11.9 Å². The molecule has 0 aromatic rings. The van der Waals surface area contributed by atoms with Gasteiger partial charge in [0.05, 0.1) is 6.61 Å². The molecule has 0 amide bonds. The van der Waals surface area contributed by atoms with Crippen molar-refractivity contribution in [3.63, 3.8) is 0 Å². The number of nitrogens with one attached hydrogen (secondary N) is 1. The van der Waals surface area contributed by atoms with Crippen LogP contribution in [0.1, 0.15) is 13.8 Å². The molecule has 0 aromatic carbocycles. The molecule has 0 aliphatic heterocycles. The Morgan fingerprint density at radius 2 is 2.00 bits per heavy atom. The van der Waals surface area contributed by atoms with E-state index >= 15 is 0 Å². The van der Waals surface area contributed by atoms with Gasteiger partial charge in [-0.1, -0.05) is 17.2 Å². The maximum absolute atomic E-state index is 10.8. The lowest BCUT2D eigenvalue weighted by Crippen LogP contribution is -2.19. The van der Waals surface area contributed by atoms with Gasteiger partial charge in [-0.3, -0.25) is 0 Å². The van der Waals surface area contributed by atoms with E-state index in [1.54, 1.807) is 13.8 Å². The SMILES string of the molecule is CCOC(=O)C[N+](=N)C=C([O-])OCC. The highest BCUT2D eigenvalue weighted by molar-refractivity contribution is 5.70. The minimum absolute atomic E-state index is 0.239. The molecule has 0 bridgehead atoms. The van der Waals surface area contributed by atoms with Gasteiger partial charge in [-0.15, -0.1) is 0 Å². The minimum atomic E-state index is -0.646. The summed E-state index contributed by atoms with van der Waals surface area (Å²) in [6.07, 6.45) is 0.889. The first-order valence-electron chi connectivity index (χ1n) is 4.25. The molecule has 6 nitrogen and oxygen atoms in total. The van der Waals surface area contributed by atoms with Gasteiger partial charge in [0, 0.05) is 0 Å². The fourth-order valence-electron chi connectivity index (χ4n) is 0.698. The third-order valence-corrected chi connectivity index (χ3v) is 1.15. The molecule has 14 heavy (non-hydrogen) atoms.